The van der Waals surface area contributed by atoms with E-state index in [4.69, 9.17) is 14.2 Å². The molecule has 0 radical (unpaired) electrons. The van der Waals surface area contributed by atoms with Crippen molar-refractivity contribution in [2.24, 2.45) is 0 Å². The van der Waals surface area contributed by atoms with E-state index in [0.29, 0.717) is 29.8 Å². The highest BCUT2D eigenvalue weighted by molar-refractivity contribution is 7.16. The lowest BCUT2D eigenvalue weighted by Gasteiger charge is -2.09. The van der Waals surface area contributed by atoms with Crippen LogP contribution in [0.15, 0.2) is 48.5 Å². The lowest BCUT2D eigenvalue weighted by Crippen LogP contribution is -2.07. The van der Waals surface area contributed by atoms with Gasteiger partial charge in [0.2, 0.25) is 5.91 Å². The van der Waals surface area contributed by atoms with E-state index in [-0.39, 0.29) is 5.91 Å². The first-order chi connectivity index (χ1) is 15.0. The molecule has 162 valence electrons. The van der Waals surface area contributed by atoms with Crippen LogP contribution in [0, 0.1) is 6.92 Å². The third kappa shape index (κ3) is 5.86. The van der Waals surface area contributed by atoms with Crippen LogP contribution in [0.2, 0.25) is 0 Å². The molecule has 2 aromatic carbocycles. The largest absolute Gasteiger partial charge is 0.494 e. The highest BCUT2D eigenvalue weighted by atomic mass is 32.1. The Labute approximate surface area is 186 Å². The number of benzene rings is 2. The van der Waals surface area contributed by atoms with E-state index in [2.05, 4.69) is 10.3 Å². The number of nitrogens with one attached hydrogen (secondary N) is 1. The molecule has 1 aromatic heterocycles. The molecule has 3 rings (SSSR count). The van der Waals surface area contributed by atoms with Gasteiger partial charge in [-0.2, -0.15) is 0 Å². The van der Waals surface area contributed by atoms with Crippen molar-refractivity contribution in [3.05, 3.63) is 59.0 Å². The number of rotatable bonds is 9. The summed E-state index contributed by atoms with van der Waals surface area (Å²) >= 11 is 1.44. The van der Waals surface area contributed by atoms with Gasteiger partial charge in [0, 0.05) is 16.5 Å². The van der Waals surface area contributed by atoms with E-state index >= 15 is 0 Å². The quantitative estimate of drug-likeness (QED) is 0.442. The Hall–Kier alpha value is -3.32. The summed E-state index contributed by atoms with van der Waals surface area (Å²) in [6.07, 6.45) is 3.20. The second-order valence-corrected chi connectivity index (χ2v) is 7.75. The Balaban J connectivity index is 1.68. The number of aryl methyl sites for hydroxylation is 1. The van der Waals surface area contributed by atoms with E-state index in [9.17, 15) is 4.79 Å². The molecule has 1 heterocycles. The number of carbonyl (C=O) groups is 1. The van der Waals surface area contributed by atoms with E-state index < -0.39 is 0 Å². The van der Waals surface area contributed by atoms with Gasteiger partial charge in [-0.3, -0.25) is 10.1 Å². The van der Waals surface area contributed by atoms with Crippen molar-refractivity contribution in [3.8, 4) is 28.5 Å². The average Bonchev–Trinajstić information content (AvgIpc) is 3.13. The highest BCUT2D eigenvalue weighted by Crippen LogP contribution is 2.31. The Morgan fingerprint density at radius 2 is 1.81 bits per heavy atom. The minimum absolute atomic E-state index is 0.250. The number of hydrogen-bond donors (Lipinski definition) is 1. The molecular formula is C24H26N2O4S. The number of hydrogen-bond acceptors (Lipinski definition) is 6. The molecule has 0 fully saturated rings. The highest BCUT2D eigenvalue weighted by Gasteiger charge is 2.11. The maximum Gasteiger partial charge on any atom is 0.250 e. The number of nitrogens with zero attached hydrogens (tertiary/aromatic N) is 1. The van der Waals surface area contributed by atoms with Gasteiger partial charge in [-0.25, -0.2) is 4.98 Å². The SMILES string of the molecule is CCOc1ccc(-c2nc(NC(=O)/C=C/c3ccc(OCC)c(OC)c3)sc2C)cc1. The average molecular weight is 439 g/mol. The smallest absolute Gasteiger partial charge is 0.250 e. The van der Waals surface area contributed by atoms with E-state index in [1.54, 1.807) is 13.2 Å². The van der Waals surface area contributed by atoms with Crippen LogP contribution in [0.1, 0.15) is 24.3 Å². The fourth-order valence-corrected chi connectivity index (χ4v) is 3.81. The predicted octanol–water partition coefficient (Wildman–Crippen LogP) is 5.58. The van der Waals surface area contributed by atoms with Crippen LogP contribution in [-0.2, 0) is 4.79 Å². The molecule has 1 N–H and O–H groups in total. The number of ether oxygens (including phenoxy) is 3. The molecule has 3 aromatic rings. The summed E-state index contributed by atoms with van der Waals surface area (Å²) in [6.45, 7) is 7.04. The predicted molar refractivity (Wildman–Crippen MR) is 125 cm³/mol. The van der Waals surface area contributed by atoms with Crippen LogP contribution < -0.4 is 19.5 Å². The Bertz CT molecular complexity index is 1060. The van der Waals surface area contributed by atoms with E-state index in [1.165, 1.54) is 17.4 Å². The molecule has 0 spiro atoms. The third-order valence-electron chi connectivity index (χ3n) is 4.38. The molecule has 0 aliphatic rings. The van der Waals surface area contributed by atoms with Gasteiger partial charge in [0.1, 0.15) is 5.75 Å². The van der Waals surface area contributed by atoms with Crippen molar-refractivity contribution < 1.29 is 19.0 Å². The lowest BCUT2D eigenvalue weighted by molar-refractivity contribution is -0.111. The van der Waals surface area contributed by atoms with Gasteiger partial charge in [0.25, 0.3) is 0 Å². The van der Waals surface area contributed by atoms with Crippen molar-refractivity contribution >= 4 is 28.5 Å². The molecule has 31 heavy (non-hydrogen) atoms. The zero-order valence-corrected chi connectivity index (χ0v) is 18.9. The van der Waals surface area contributed by atoms with Crippen molar-refractivity contribution in [3.63, 3.8) is 0 Å². The number of thiazole rings is 1. The maximum atomic E-state index is 12.4. The van der Waals surface area contributed by atoms with Crippen LogP contribution in [0.5, 0.6) is 17.2 Å². The zero-order valence-electron chi connectivity index (χ0n) is 18.1. The monoisotopic (exact) mass is 438 g/mol. The summed E-state index contributed by atoms with van der Waals surface area (Å²) in [4.78, 5) is 18.0. The summed E-state index contributed by atoms with van der Waals surface area (Å²) in [5.41, 5.74) is 2.67. The van der Waals surface area contributed by atoms with Gasteiger partial charge in [-0.15, -0.1) is 11.3 Å². The normalized spacial score (nSPS) is 10.8. The summed E-state index contributed by atoms with van der Waals surface area (Å²) in [6, 6.07) is 13.3. The first-order valence-corrected chi connectivity index (χ1v) is 10.9. The summed E-state index contributed by atoms with van der Waals surface area (Å²) in [5, 5.41) is 3.39. The Morgan fingerprint density at radius 3 is 2.48 bits per heavy atom. The fourth-order valence-electron chi connectivity index (χ4n) is 2.97. The molecular weight excluding hydrogens is 412 g/mol. The summed E-state index contributed by atoms with van der Waals surface area (Å²) in [5.74, 6) is 1.87. The topological polar surface area (TPSA) is 69.7 Å². The van der Waals surface area contributed by atoms with Crippen LogP contribution in [0.4, 0.5) is 5.13 Å². The third-order valence-corrected chi connectivity index (χ3v) is 5.27. The molecule has 0 aliphatic carbocycles. The second kappa shape index (κ2) is 10.6. The molecule has 1 amide bonds. The van der Waals surface area contributed by atoms with Crippen LogP contribution >= 0.6 is 11.3 Å². The molecule has 0 saturated carbocycles. The standard InChI is InChI=1S/C24H26N2O4S/c1-5-29-19-11-9-18(10-12-19)23-16(3)31-24(26-23)25-22(27)14-8-17-7-13-20(30-6-2)21(15-17)28-4/h7-15H,5-6H2,1-4H3,(H,25,26,27)/b14-8+. The molecule has 0 saturated heterocycles. The maximum absolute atomic E-state index is 12.4. The van der Waals surface area contributed by atoms with Gasteiger partial charge in [0.15, 0.2) is 16.6 Å². The molecule has 0 atom stereocenters. The molecule has 0 bridgehead atoms. The number of amides is 1. The number of anilines is 1. The minimum Gasteiger partial charge on any atom is -0.494 e. The Morgan fingerprint density at radius 1 is 1.06 bits per heavy atom. The number of carbonyl (C=O) groups excluding carboxylic acids is 1. The van der Waals surface area contributed by atoms with Crippen LogP contribution in [0.25, 0.3) is 17.3 Å². The van der Waals surface area contributed by atoms with Gasteiger partial charge in [-0.1, -0.05) is 6.07 Å². The van der Waals surface area contributed by atoms with Crippen molar-refractivity contribution in [2.45, 2.75) is 20.8 Å². The van der Waals surface area contributed by atoms with Crippen molar-refractivity contribution in [1.29, 1.82) is 0 Å². The summed E-state index contributed by atoms with van der Waals surface area (Å²) < 4.78 is 16.3. The van der Waals surface area contributed by atoms with Gasteiger partial charge < -0.3 is 14.2 Å². The number of aromatic nitrogens is 1. The van der Waals surface area contributed by atoms with Crippen LogP contribution in [-0.4, -0.2) is 31.2 Å². The number of methoxy groups -OCH3 is 1. The van der Waals surface area contributed by atoms with Crippen molar-refractivity contribution in [1.82, 2.24) is 4.98 Å². The Kier molecular flexibility index (Phi) is 7.67. The zero-order chi connectivity index (χ0) is 22.2. The molecule has 0 aliphatic heterocycles. The van der Waals surface area contributed by atoms with Gasteiger partial charge >= 0.3 is 0 Å². The van der Waals surface area contributed by atoms with E-state index in [1.807, 2.05) is 63.2 Å². The van der Waals surface area contributed by atoms with Crippen molar-refractivity contribution in [2.75, 3.05) is 25.6 Å². The summed E-state index contributed by atoms with van der Waals surface area (Å²) in [7, 11) is 1.59. The first-order valence-electron chi connectivity index (χ1n) is 10.0. The molecule has 7 heteroatoms. The molecule has 6 nitrogen and oxygen atoms in total. The van der Waals surface area contributed by atoms with Gasteiger partial charge in [-0.05, 0) is 68.8 Å². The van der Waals surface area contributed by atoms with Gasteiger partial charge in [0.05, 0.1) is 26.0 Å². The fraction of sp³-hybridized carbons (Fsp3) is 0.250. The lowest BCUT2D eigenvalue weighted by atomic mass is 10.1. The minimum atomic E-state index is -0.250. The first kappa shape index (κ1) is 22.4. The van der Waals surface area contributed by atoms with E-state index in [0.717, 1.165) is 27.4 Å². The molecule has 0 unspecified atom stereocenters. The second-order valence-electron chi connectivity index (χ2n) is 6.55. The van der Waals surface area contributed by atoms with Crippen LogP contribution in [0.3, 0.4) is 0 Å².